The molecule has 0 bridgehead atoms. The van der Waals surface area contributed by atoms with E-state index in [-0.39, 0.29) is 11.1 Å². The molecule has 0 heterocycles. The Kier molecular flexibility index (Phi) is 5.34. The van der Waals surface area contributed by atoms with Gasteiger partial charge in [-0.15, -0.1) is 12.3 Å². The first kappa shape index (κ1) is 14.5. The maximum absolute atomic E-state index is 6.13. The van der Waals surface area contributed by atoms with Gasteiger partial charge in [0.2, 0.25) is 0 Å². The molecule has 0 spiro atoms. The van der Waals surface area contributed by atoms with Crippen LogP contribution in [0.25, 0.3) is 0 Å². The number of rotatable bonds is 4. The Labute approximate surface area is 96.0 Å². The fourth-order valence-electron chi connectivity index (χ4n) is 1.01. The van der Waals surface area contributed by atoms with Gasteiger partial charge in [-0.25, -0.2) is 0 Å². The molecule has 0 rings (SSSR count). The first-order chi connectivity index (χ1) is 6.70. The van der Waals surface area contributed by atoms with Crippen LogP contribution in [0.4, 0.5) is 0 Å². The fourth-order valence-corrected chi connectivity index (χ4v) is 2.37. The Bertz CT molecular complexity index is 253. The van der Waals surface area contributed by atoms with E-state index in [1.54, 1.807) is 0 Å². The van der Waals surface area contributed by atoms with Crippen LogP contribution in [0, 0.1) is 12.3 Å². The summed E-state index contributed by atoms with van der Waals surface area (Å²) >= 11 is 0. The summed E-state index contributed by atoms with van der Waals surface area (Å²) in [5.41, 5.74) is 0. The van der Waals surface area contributed by atoms with E-state index in [0.717, 1.165) is 0 Å². The van der Waals surface area contributed by atoms with Gasteiger partial charge in [0.15, 0.2) is 8.32 Å². The van der Waals surface area contributed by atoms with Crippen molar-refractivity contribution in [3.63, 3.8) is 0 Å². The molecule has 0 fully saturated rings. The summed E-state index contributed by atoms with van der Waals surface area (Å²) in [6.07, 6.45) is 10.1. The second-order valence-electron chi connectivity index (χ2n) is 5.42. The molecule has 1 unspecified atom stereocenters. The van der Waals surface area contributed by atoms with Gasteiger partial charge < -0.3 is 4.43 Å². The van der Waals surface area contributed by atoms with E-state index in [9.17, 15) is 0 Å². The van der Waals surface area contributed by atoms with Crippen LogP contribution in [-0.4, -0.2) is 14.4 Å². The molecule has 0 N–H and O–H groups in total. The van der Waals surface area contributed by atoms with Crippen molar-refractivity contribution in [1.29, 1.82) is 0 Å². The smallest absolute Gasteiger partial charge is 0.192 e. The Hall–Kier alpha value is -0.523. The Morgan fingerprint density at radius 1 is 1.40 bits per heavy atom. The molecule has 0 aliphatic rings. The number of hydrogen-bond donors (Lipinski definition) is 0. The van der Waals surface area contributed by atoms with Gasteiger partial charge in [-0.3, -0.25) is 0 Å². The van der Waals surface area contributed by atoms with Gasteiger partial charge in [0, 0.05) is 6.42 Å². The molecule has 0 aliphatic carbocycles. The van der Waals surface area contributed by atoms with E-state index in [1.807, 2.05) is 6.08 Å². The minimum atomic E-state index is -1.63. The van der Waals surface area contributed by atoms with Gasteiger partial charge in [-0.05, 0) is 25.1 Å². The summed E-state index contributed by atoms with van der Waals surface area (Å²) in [5, 5.41) is 0.265. The normalized spacial score (nSPS) is 15.3. The maximum Gasteiger partial charge on any atom is 0.192 e. The zero-order valence-corrected chi connectivity index (χ0v) is 11.9. The molecule has 86 valence electrons. The predicted octanol–water partition coefficient (Wildman–Crippen LogP) is 3.98. The molecule has 1 nitrogen and oxygen atoms in total. The third kappa shape index (κ3) is 5.20. The van der Waals surface area contributed by atoms with Crippen LogP contribution in [0.15, 0.2) is 12.2 Å². The van der Waals surface area contributed by atoms with Gasteiger partial charge >= 0.3 is 0 Å². The Morgan fingerprint density at radius 3 is 2.33 bits per heavy atom. The van der Waals surface area contributed by atoms with Gasteiger partial charge in [0.05, 0.1) is 6.10 Å². The Balaban J connectivity index is 4.29. The highest BCUT2D eigenvalue weighted by molar-refractivity contribution is 6.74. The van der Waals surface area contributed by atoms with Crippen molar-refractivity contribution in [3.8, 4) is 12.3 Å². The summed E-state index contributed by atoms with van der Waals surface area (Å²) in [4.78, 5) is 0. The largest absolute Gasteiger partial charge is 0.411 e. The fraction of sp³-hybridized carbons (Fsp3) is 0.692. The second-order valence-corrected chi connectivity index (χ2v) is 10.2. The van der Waals surface area contributed by atoms with Crippen LogP contribution in [0.3, 0.4) is 0 Å². The SMILES string of the molecule is C#CC/C=C/C(C)O[Si](C)(C)C(C)(C)C. The first-order valence-electron chi connectivity index (χ1n) is 5.48. The standard InChI is InChI=1S/C13H24OSi/c1-8-9-10-11-12(2)14-15(6,7)13(3,4)5/h1,10-12H,9H2,2-7H3/b11-10+. The second kappa shape index (κ2) is 5.53. The van der Waals surface area contributed by atoms with Crippen LogP contribution in [0.1, 0.15) is 34.1 Å². The van der Waals surface area contributed by atoms with Crippen LogP contribution in [-0.2, 0) is 4.43 Å². The number of terminal acetylenes is 1. The van der Waals surface area contributed by atoms with Gasteiger partial charge in [-0.1, -0.05) is 32.9 Å². The third-order valence-corrected chi connectivity index (χ3v) is 7.50. The van der Waals surface area contributed by atoms with Crippen LogP contribution in [0.2, 0.25) is 18.1 Å². The lowest BCUT2D eigenvalue weighted by Gasteiger charge is -2.37. The van der Waals surface area contributed by atoms with Crippen molar-refractivity contribution >= 4 is 8.32 Å². The van der Waals surface area contributed by atoms with Gasteiger partial charge in [0.1, 0.15) is 0 Å². The summed E-state index contributed by atoms with van der Waals surface area (Å²) in [6, 6.07) is 0. The predicted molar refractivity (Wildman–Crippen MR) is 70.3 cm³/mol. The van der Waals surface area contributed by atoms with E-state index >= 15 is 0 Å². The molecule has 0 aromatic carbocycles. The average molecular weight is 224 g/mol. The molecule has 0 aliphatic heterocycles. The van der Waals surface area contributed by atoms with Crippen molar-refractivity contribution < 1.29 is 4.43 Å². The molecule has 0 saturated heterocycles. The summed E-state index contributed by atoms with van der Waals surface area (Å²) in [6.45, 7) is 13.3. The maximum atomic E-state index is 6.13. The van der Waals surface area contributed by atoms with Gasteiger partial charge in [-0.2, -0.15) is 0 Å². The Morgan fingerprint density at radius 2 is 1.93 bits per heavy atom. The molecule has 0 aromatic heterocycles. The highest BCUT2D eigenvalue weighted by Gasteiger charge is 2.37. The zero-order valence-electron chi connectivity index (χ0n) is 10.9. The molecule has 1 atom stereocenters. The molecule has 2 heteroatoms. The van der Waals surface area contributed by atoms with Crippen molar-refractivity contribution in [2.45, 2.75) is 58.4 Å². The van der Waals surface area contributed by atoms with E-state index in [4.69, 9.17) is 10.8 Å². The van der Waals surface area contributed by atoms with Crippen molar-refractivity contribution in [2.24, 2.45) is 0 Å². The quantitative estimate of drug-likeness (QED) is 0.399. The van der Waals surface area contributed by atoms with Crippen molar-refractivity contribution in [1.82, 2.24) is 0 Å². The summed E-state index contributed by atoms with van der Waals surface area (Å²) in [5.74, 6) is 2.59. The van der Waals surface area contributed by atoms with E-state index in [1.165, 1.54) is 0 Å². The summed E-state index contributed by atoms with van der Waals surface area (Å²) in [7, 11) is -1.63. The average Bonchev–Trinajstić information content (AvgIpc) is 2.01. The molecule has 0 radical (unpaired) electrons. The highest BCUT2D eigenvalue weighted by Crippen LogP contribution is 2.37. The van der Waals surface area contributed by atoms with Crippen LogP contribution >= 0.6 is 0 Å². The highest BCUT2D eigenvalue weighted by atomic mass is 28.4. The molecular formula is C13H24OSi. The molecule has 15 heavy (non-hydrogen) atoms. The lowest BCUT2D eigenvalue weighted by molar-refractivity contribution is 0.243. The molecule has 0 aromatic rings. The van der Waals surface area contributed by atoms with E-state index in [2.05, 4.69) is 52.8 Å². The molecule has 0 amide bonds. The van der Waals surface area contributed by atoms with Gasteiger partial charge in [0.25, 0.3) is 0 Å². The van der Waals surface area contributed by atoms with Crippen molar-refractivity contribution in [2.75, 3.05) is 0 Å². The molecular weight excluding hydrogens is 200 g/mol. The van der Waals surface area contributed by atoms with Crippen LogP contribution < -0.4 is 0 Å². The van der Waals surface area contributed by atoms with Crippen LogP contribution in [0.5, 0.6) is 0 Å². The third-order valence-electron chi connectivity index (χ3n) is 2.93. The topological polar surface area (TPSA) is 9.23 Å². The first-order valence-corrected chi connectivity index (χ1v) is 8.39. The monoisotopic (exact) mass is 224 g/mol. The zero-order chi connectivity index (χ0) is 12.1. The van der Waals surface area contributed by atoms with Crippen molar-refractivity contribution in [3.05, 3.63) is 12.2 Å². The lowest BCUT2D eigenvalue weighted by atomic mass is 10.2. The summed E-state index contributed by atoms with van der Waals surface area (Å²) < 4.78 is 6.13. The van der Waals surface area contributed by atoms with E-state index < -0.39 is 8.32 Å². The lowest BCUT2D eigenvalue weighted by Crippen LogP contribution is -2.42. The molecule has 0 saturated carbocycles. The number of hydrogen-bond acceptors (Lipinski definition) is 1. The van der Waals surface area contributed by atoms with E-state index in [0.29, 0.717) is 6.42 Å². The number of allylic oxidation sites excluding steroid dienone is 1. The minimum Gasteiger partial charge on any atom is -0.411 e. The minimum absolute atomic E-state index is 0.166.